The smallest absolute Gasteiger partial charge is 0.487 e. The van der Waals surface area contributed by atoms with Crippen LogP contribution < -0.4 is 19.5 Å². The van der Waals surface area contributed by atoms with Crippen molar-refractivity contribution in [3.8, 4) is 11.5 Å². The molecule has 0 saturated heterocycles. The number of para-hydroxylation sites is 1. The van der Waals surface area contributed by atoms with Gasteiger partial charge in [0.2, 0.25) is 0 Å². The molecular formula is C26H23F3N4O4S. The molecule has 0 bridgehead atoms. The summed E-state index contributed by atoms with van der Waals surface area (Å²) in [5, 5.41) is 7.55. The molecule has 4 rings (SSSR count). The van der Waals surface area contributed by atoms with E-state index in [1.54, 1.807) is 24.4 Å². The molecule has 0 aliphatic carbocycles. The van der Waals surface area contributed by atoms with Gasteiger partial charge in [0, 0.05) is 17.3 Å². The molecule has 3 aromatic carbocycles. The van der Waals surface area contributed by atoms with Gasteiger partial charge in [-0.1, -0.05) is 43.3 Å². The second-order valence-electron chi connectivity index (χ2n) is 8.32. The van der Waals surface area contributed by atoms with Gasteiger partial charge in [0.1, 0.15) is 23.8 Å². The summed E-state index contributed by atoms with van der Waals surface area (Å²) < 4.78 is 58.4. The van der Waals surface area contributed by atoms with Gasteiger partial charge in [-0.3, -0.25) is 4.72 Å². The van der Waals surface area contributed by atoms with E-state index in [2.05, 4.69) is 38.2 Å². The molecular weight excluding hydrogens is 521 g/mol. The van der Waals surface area contributed by atoms with Crippen LogP contribution in [0.5, 0.6) is 11.5 Å². The molecule has 2 amide bonds. The first kappa shape index (κ1) is 26.9. The molecule has 198 valence electrons. The highest BCUT2D eigenvalue weighted by atomic mass is 32.2. The fourth-order valence-electron chi connectivity index (χ4n) is 3.50. The lowest BCUT2D eigenvalue weighted by atomic mass is 10.0. The number of aromatic nitrogens is 1. The van der Waals surface area contributed by atoms with E-state index in [-0.39, 0.29) is 18.3 Å². The Morgan fingerprint density at radius 1 is 1.11 bits per heavy atom. The van der Waals surface area contributed by atoms with E-state index >= 15 is 0 Å². The van der Waals surface area contributed by atoms with Crippen molar-refractivity contribution in [3.63, 3.8) is 0 Å². The van der Waals surface area contributed by atoms with Crippen LogP contribution in [0.1, 0.15) is 36.6 Å². The van der Waals surface area contributed by atoms with Crippen LogP contribution in [0.2, 0.25) is 0 Å². The van der Waals surface area contributed by atoms with E-state index in [4.69, 9.17) is 9.26 Å². The lowest BCUT2D eigenvalue weighted by Gasteiger charge is -2.13. The van der Waals surface area contributed by atoms with Crippen LogP contribution in [0.25, 0.3) is 11.0 Å². The van der Waals surface area contributed by atoms with Crippen molar-refractivity contribution in [1.82, 2.24) is 9.88 Å². The van der Waals surface area contributed by atoms with Gasteiger partial charge < -0.3 is 19.3 Å². The third-order valence-electron chi connectivity index (χ3n) is 5.23. The molecule has 0 aliphatic heterocycles. The fraction of sp³-hybridized carbons (Fsp3) is 0.192. The Balaban J connectivity index is 1.29. The minimum Gasteiger partial charge on any atom is -0.487 e. The van der Waals surface area contributed by atoms with Gasteiger partial charge in [-0.05, 0) is 59.5 Å². The van der Waals surface area contributed by atoms with Crippen molar-refractivity contribution < 1.29 is 32.0 Å². The number of carbonyl (C=O) groups is 1. The molecule has 0 radical (unpaired) electrons. The number of benzene rings is 3. The number of urea groups is 1. The molecule has 4 aromatic rings. The number of amides is 2. The maximum atomic E-state index is 12.3. The van der Waals surface area contributed by atoms with Crippen LogP contribution >= 0.6 is 12.1 Å². The Kier molecular flexibility index (Phi) is 8.41. The van der Waals surface area contributed by atoms with Crippen LogP contribution in [0.4, 0.5) is 23.7 Å². The van der Waals surface area contributed by atoms with Gasteiger partial charge in [-0.25, -0.2) is 9.19 Å². The van der Waals surface area contributed by atoms with Crippen molar-refractivity contribution in [1.29, 1.82) is 0 Å². The monoisotopic (exact) mass is 544 g/mol. The number of hydrogen-bond acceptors (Lipinski definition) is 7. The molecule has 38 heavy (non-hydrogen) atoms. The maximum absolute atomic E-state index is 12.3. The van der Waals surface area contributed by atoms with E-state index in [0.717, 1.165) is 41.1 Å². The fourth-order valence-corrected chi connectivity index (χ4v) is 3.86. The van der Waals surface area contributed by atoms with Crippen LogP contribution in [0.15, 0.2) is 75.7 Å². The number of hydrogen-bond donors (Lipinski definition) is 2. The minimum atomic E-state index is -4.75. The Bertz CT molecular complexity index is 1420. The van der Waals surface area contributed by atoms with Crippen LogP contribution in [-0.4, -0.2) is 23.8 Å². The molecule has 1 aromatic heterocycles. The van der Waals surface area contributed by atoms with Crippen molar-refractivity contribution in [3.05, 3.63) is 83.6 Å². The molecule has 12 heteroatoms. The number of nitrogens with one attached hydrogen (secondary N) is 2. The van der Waals surface area contributed by atoms with Gasteiger partial charge in [-0.15, -0.1) is 13.2 Å². The quantitative estimate of drug-likeness (QED) is 0.170. The highest BCUT2D eigenvalue weighted by molar-refractivity contribution is 7.96. The summed E-state index contributed by atoms with van der Waals surface area (Å²) in [6.45, 7) is 4.16. The Morgan fingerprint density at radius 2 is 1.84 bits per heavy atom. The van der Waals surface area contributed by atoms with E-state index < -0.39 is 12.4 Å². The molecule has 0 fully saturated rings. The van der Waals surface area contributed by atoms with Gasteiger partial charge in [0.05, 0.1) is 12.1 Å². The third kappa shape index (κ3) is 7.42. The SMILES string of the molecule is CC(C)c1ccccc1NC(=O)NS/N=C/c1ccc2c(COc3ccc(OC(F)(F)F)cc3)noc2c1. The Labute approximate surface area is 220 Å². The topological polar surface area (TPSA) is 98.0 Å². The normalized spacial score (nSPS) is 11.7. The zero-order valence-corrected chi connectivity index (χ0v) is 21.1. The minimum absolute atomic E-state index is 0.0503. The van der Waals surface area contributed by atoms with Gasteiger partial charge in [0.15, 0.2) is 5.58 Å². The largest absolute Gasteiger partial charge is 0.573 e. The van der Waals surface area contributed by atoms with Gasteiger partial charge in [-0.2, -0.15) is 0 Å². The van der Waals surface area contributed by atoms with Gasteiger partial charge in [0.25, 0.3) is 0 Å². The first-order valence-corrected chi connectivity index (χ1v) is 12.2. The highest BCUT2D eigenvalue weighted by Crippen LogP contribution is 2.26. The van der Waals surface area contributed by atoms with Crippen LogP contribution in [0, 0.1) is 0 Å². The predicted molar refractivity (Wildman–Crippen MR) is 139 cm³/mol. The summed E-state index contributed by atoms with van der Waals surface area (Å²) in [6.07, 6.45) is -3.19. The first-order chi connectivity index (χ1) is 18.2. The third-order valence-corrected chi connectivity index (χ3v) is 5.71. The zero-order chi connectivity index (χ0) is 27.1. The summed E-state index contributed by atoms with van der Waals surface area (Å²) in [4.78, 5) is 12.2. The molecule has 0 saturated carbocycles. The molecule has 2 N–H and O–H groups in total. The lowest BCUT2D eigenvalue weighted by Crippen LogP contribution is -2.23. The standard InChI is InChI=1S/C26H23F3N4O4S/c1-16(2)20-5-3-4-6-22(20)31-25(34)33-38-30-14-17-7-12-21-23(32-37-24(21)13-17)15-35-18-8-10-19(11-9-18)36-26(27,28)29/h3-14,16H,15H2,1-2H3,(H2,31,33,34)/b30-14+. The number of ether oxygens (including phenoxy) is 2. The zero-order valence-electron chi connectivity index (χ0n) is 20.3. The molecule has 0 unspecified atom stereocenters. The second-order valence-corrected chi connectivity index (χ2v) is 8.91. The molecule has 0 aliphatic rings. The molecule has 1 heterocycles. The van der Waals surface area contributed by atoms with Crippen molar-refractivity contribution in [2.75, 3.05) is 5.32 Å². The first-order valence-electron chi connectivity index (χ1n) is 11.4. The van der Waals surface area contributed by atoms with E-state index in [9.17, 15) is 18.0 Å². The van der Waals surface area contributed by atoms with Crippen LogP contribution in [0.3, 0.4) is 0 Å². The van der Waals surface area contributed by atoms with Gasteiger partial charge >= 0.3 is 12.4 Å². The summed E-state index contributed by atoms with van der Waals surface area (Å²) in [6, 6.07) is 17.6. The summed E-state index contributed by atoms with van der Waals surface area (Å²) in [5.41, 5.74) is 3.53. The summed E-state index contributed by atoms with van der Waals surface area (Å²) in [7, 11) is 0. The van der Waals surface area contributed by atoms with Crippen molar-refractivity contribution in [2.24, 2.45) is 4.40 Å². The summed E-state index contributed by atoms with van der Waals surface area (Å²) in [5.74, 6) is 0.278. The number of fused-ring (bicyclic) bond motifs is 1. The molecule has 8 nitrogen and oxygen atoms in total. The van der Waals surface area contributed by atoms with Crippen LogP contribution in [-0.2, 0) is 6.61 Å². The van der Waals surface area contributed by atoms with Crippen molar-refractivity contribution >= 4 is 41.0 Å². The van der Waals surface area contributed by atoms with Crippen molar-refractivity contribution in [2.45, 2.75) is 32.7 Å². The number of alkyl halides is 3. The molecule has 0 atom stereocenters. The van der Waals surface area contributed by atoms with E-state index in [1.807, 2.05) is 24.3 Å². The summed E-state index contributed by atoms with van der Waals surface area (Å²) >= 11 is 0.880. The number of rotatable bonds is 9. The highest BCUT2D eigenvalue weighted by Gasteiger charge is 2.31. The predicted octanol–water partition coefficient (Wildman–Crippen LogP) is 7.23. The maximum Gasteiger partial charge on any atom is 0.573 e. The Morgan fingerprint density at radius 3 is 2.58 bits per heavy atom. The number of halogens is 3. The lowest BCUT2D eigenvalue weighted by molar-refractivity contribution is -0.274. The second kappa shape index (κ2) is 11.9. The van der Waals surface area contributed by atoms with E-state index in [1.165, 1.54) is 12.1 Å². The average molecular weight is 545 g/mol. The number of carbonyl (C=O) groups excluding carboxylic acids is 1. The number of nitrogens with zero attached hydrogens (tertiary/aromatic N) is 2. The van der Waals surface area contributed by atoms with E-state index in [0.29, 0.717) is 22.4 Å². The molecule has 0 spiro atoms. The Hall–Kier alpha value is -4.19. The average Bonchev–Trinajstić information content (AvgIpc) is 3.28. The number of anilines is 1.